The van der Waals surface area contributed by atoms with Crippen molar-refractivity contribution in [3.63, 3.8) is 0 Å². The van der Waals surface area contributed by atoms with Crippen LogP contribution in [-0.2, 0) is 11.3 Å². The van der Waals surface area contributed by atoms with Crippen molar-refractivity contribution in [1.82, 2.24) is 5.32 Å². The fourth-order valence-corrected chi connectivity index (χ4v) is 2.41. The minimum absolute atomic E-state index is 0.391. The second kappa shape index (κ2) is 9.48. The van der Waals surface area contributed by atoms with Gasteiger partial charge in [-0.05, 0) is 37.1 Å². The van der Waals surface area contributed by atoms with Gasteiger partial charge in [-0.25, -0.2) is 0 Å². The molecule has 110 valence electrons. The number of nitrogens with one attached hydrogen (secondary N) is 1. The van der Waals surface area contributed by atoms with Gasteiger partial charge in [0.15, 0.2) is 0 Å². The van der Waals surface area contributed by atoms with Gasteiger partial charge in [-0.3, -0.25) is 0 Å². The maximum absolute atomic E-state index is 9.82. The SMILES string of the molecule is CC(C)CC[C@@H](C)NC[C@H](O)COCc1cccs1. The molecule has 1 rings (SSSR count). The molecule has 3 nitrogen and oxygen atoms in total. The first kappa shape index (κ1) is 16.6. The second-order valence-electron chi connectivity index (χ2n) is 5.53. The average Bonchev–Trinajstić information content (AvgIpc) is 2.87. The summed E-state index contributed by atoms with van der Waals surface area (Å²) < 4.78 is 5.49. The van der Waals surface area contributed by atoms with Crippen LogP contribution < -0.4 is 5.32 Å². The van der Waals surface area contributed by atoms with Crippen molar-refractivity contribution in [3.05, 3.63) is 22.4 Å². The Balaban J connectivity index is 2.02. The van der Waals surface area contributed by atoms with Crippen molar-refractivity contribution in [2.45, 2.75) is 52.4 Å². The maximum atomic E-state index is 9.82. The fourth-order valence-electron chi connectivity index (χ4n) is 1.77. The molecule has 0 saturated carbocycles. The lowest BCUT2D eigenvalue weighted by molar-refractivity contribution is 0.0286. The number of aliphatic hydroxyl groups is 1. The minimum atomic E-state index is -0.429. The zero-order valence-electron chi connectivity index (χ0n) is 12.3. The van der Waals surface area contributed by atoms with E-state index in [-0.39, 0.29) is 0 Å². The summed E-state index contributed by atoms with van der Waals surface area (Å²) in [5.41, 5.74) is 0. The average molecular weight is 285 g/mol. The van der Waals surface area contributed by atoms with Gasteiger partial charge in [-0.15, -0.1) is 11.3 Å². The molecular formula is C15H27NO2S. The van der Waals surface area contributed by atoms with Crippen molar-refractivity contribution in [3.8, 4) is 0 Å². The lowest BCUT2D eigenvalue weighted by Crippen LogP contribution is -2.36. The first-order chi connectivity index (χ1) is 9.08. The van der Waals surface area contributed by atoms with Crippen LogP contribution in [0.25, 0.3) is 0 Å². The van der Waals surface area contributed by atoms with Gasteiger partial charge in [-0.2, -0.15) is 0 Å². The zero-order valence-corrected chi connectivity index (χ0v) is 13.1. The summed E-state index contributed by atoms with van der Waals surface area (Å²) in [4.78, 5) is 1.20. The highest BCUT2D eigenvalue weighted by Crippen LogP contribution is 2.09. The molecule has 0 aromatic carbocycles. The molecule has 0 amide bonds. The van der Waals surface area contributed by atoms with Gasteiger partial charge in [0.2, 0.25) is 0 Å². The Labute approximate surface area is 121 Å². The van der Waals surface area contributed by atoms with Gasteiger partial charge in [-0.1, -0.05) is 19.9 Å². The molecular weight excluding hydrogens is 258 g/mol. The predicted octanol–water partition coefficient (Wildman–Crippen LogP) is 3.04. The van der Waals surface area contributed by atoms with Crippen LogP contribution in [0, 0.1) is 5.92 Å². The van der Waals surface area contributed by atoms with E-state index in [1.54, 1.807) is 11.3 Å². The largest absolute Gasteiger partial charge is 0.389 e. The van der Waals surface area contributed by atoms with Crippen LogP contribution in [-0.4, -0.2) is 30.4 Å². The smallest absolute Gasteiger partial charge is 0.0897 e. The molecule has 2 atom stereocenters. The monoisotopic (exact) mass is 285 g/mol. The third kappa shape index (κ3) is 8.37. The van der Waals surface area contributed by atoms with Crippen LogP contribution in [0.15, 0.2) is 17.5 Å². The number of ether oxygens (including phenoxy) is 1. The molecule has 1 heterocycles. The zero-order chi connectivity index (χ0) is 14.1. The minimum Gasteiger partial charge on any atom is -0.389 e. The molecule has 0 unspecified atom stereocenters. The van der Waals surface area contributed by atoms with Crippen LogP contribution in [0.1, 0.15) is 38.5 Å². The van der Waals surface area contributed by atoms with E-state index in [4.69, 9.17) is 4.74 Å². The summed E-state index contributed by atoms with van der Waals surface area (Å²) in [7, 11) is 0. The highest BCUT2D eigenvalue weighted by Gasteiger charge is 2.08. The molecule has 0 bridgehead atoms. The standard InChI is InChI=1S/C15H27NO2S/c1-12(2)6-7-13(3)16-9-14(17)10-18-11-15-5-4-8-19-15/h4-5,8,12-14,16-17H,6-7,9-11H2,1-3H3/t13-,14+/m1/s1. The fraction of sp³-hybridized carbons (Fsp3) is 0.733. The molecule has 0 spiro atoms. The molecule has 0 aliphatic carbocycles. The van der Waals surface area contributed by atoms with E-state index >= 15 is 0 Å². The van der Waals surface area contributed by atoms with Crippen molar-refractivity contribution in [1.29, 1.82) is 0 Å². The lowest BCUT2D eigenvalue weighted by Gasteiger charge is -2.18. The summed E-state index contributed by atoms with van der Waals surface area (Å²) >= 11 is 1.68. The summed E-state index contributed by atoms with van der Waals surface area (Å²) in [6.45, 7) is 8.23. The number of rotatable bonds is 10. The normalized spacial score (nSPS) is 14.8. The molecule has 1 aromatic rings. The van der Waals surface area contributed by atoms with Crippen molar-refractivity contribution in [2.75, 3.05) is 13.2 Å². The topological polar surface area (TPSA) is 41.5 Å². The molecule has 0 aliphatic heterocycles. The number of hydrogen-bond acceptors (Lipinski definition) is 4. The Morgan fingerprint density at radius 3 is 2.74 bits per heavy atom. The van der Waals surface area contributed by atoms with E-state index in [1.807, 2.05) is 17.5 Å². The first-order valence-electron chi connectivity index (χ1n) is 7.09. The molecule has 4 heteroatoms. The second-order valence-corrected chi connectivity index (χ2v) is 6.56. The Morgan fingerprint density at radius 1 is 1.32 bits per heavy atom. The van der Waals surface area contributed by atoms with Crippen molar-refractivity contribution in [2.24, 2.45) is 5.92 Å². The van der Waals surface area contributed by atoms with Gasteiger partial charge < -0.3 is 15.2 Å². The maximum Gasteiger partial charge on any atom is 0.0897 e. The quantitative estimate of drug-likeness (QED) is 0.694. The lowest BCUT2D eigenvalue weighted by atomic mass is 10.0. The summed E-state index contributed by atoms with van der Waals surface area (Å²) in [5, 5.41) is 15.2. The highest BCUT2D eigenvalue weighted by molar-refractivity contribution is 7.09. The van der Waals surface area contributed by atoms with Gasteiger partial charge >= 0.3 is 0 Å². The van der Waals surface area contributed by atoms with Gasteiger partial charge in [0.1, 0.15) is 0 Å². The van der Waals surface area contributed by atoms with E-state index in [1.165, 1.54) is 11.3 Å². The molecule has 0 aliphatic rings. The van der Waals surface area contributed by atoms with Gasteiger partial charge in [0, 0.05) is 17.5 Å². The van der Waals surface area contributed by atoms with E-state index in [0.717, 1.165) is 12.3 Å². The predicted molar refractivity (Wildman–Crippen MR) is 81.5 cm³/mol. The Morgan fingerprint density at radius 2 is 2.11 bits per heavy atom. The molecule has 0 radical (unpaired) electrons. The van der Waals surface area contributed by atoms with Crippen molar-refractivity contribution >= 4 is 11.3 Å². The molecule has 0 fully saturated rings. The third-order valence-corrected chi connectivity index (χ3v) is 3.86. The highest BCUT2D eigenvalue weighted by atomic mass is 32.1. The van der Waals surface area contributed by atoms with E-state index in [0.29, 0.717) is 25.8 Å². The molecule has 0 saturated heterocycles. The van der Waals surface area contributed by atoms with Gasteiger partial charge in [0.05, 0.1) is 19.3 Å². The van der Waals surface area contributed by atoms with E-state index in [2.05, 4.69) is 26.1 Å². The van der Waals surface area contributed by atoms with Crippen molar-refractivity contribution < 1.29 is 9.84 Å². The Bertz CT molecular complexity index is 314. The Hall–Kier alpha value is -0.420. The number of aliphatic hydroxyl groups excluding tert-OH is 1. The van der Waals surface area contributed by atoms with E-state index < -0.39 is 6.10 Å². The van der Waals surface area contributed by atoms with Crippen LogP contribution >= 0.6 is 11.3 Å². The van der Waals surface area contributed by atoms with Crippen LogP contribution in [0.2, 0.25) is 0 Å². The first-order valence-corrected chi connectivity index (χ1v) is 7.97. The van der Waals surface area contributed by atoms with E-state index in [9.17, 15) is 5.11 Å². The van der Waals surface area contributed by atoms with Crippen LogP contribution in [0.5, 0.6) is 0 Å². The van der Waals surface area contributed by atoms with Crippen LogP contribution in [0.3, 0.4) is 0 Å². The summed E-state index contributed by atoms with van der Waals surface area (Å²) in [5.74, 6) is 0.739. The van der Waals surface area contributed by atoms with Gasteiger partial charge in [0.25, 0.3) is 0 Å². The number of thiophene rings is 1. The summed E-state index contributed by atoms with van der Waals surface area (Å²) in [6, 6.07) is 4.51. The molecule has 2 N–H and O–H groups in total. The third-order valence-electron chi connectivity index (χ3n) is 3.01. The number of hydrogen-bond donors (Lipinski definition) is 2. The molecule has 1 aromatic heterocycles. The molecule has 19 heavy (non-hydrogen) atoms. The Kier molecular flexibility index (Phi) is 8.30. The summed E-state index contributed by atoms with van der Waals surface area (Å²) in [6.07, 6.45) is 1.95. The van der Waals surface area contributed by atoms with Crippen LogP contribution in [0.4, 0.5) is 0 Å².